The number of para-hydroxylation sites is 5. The van der Waals surface area contributed by atoms with Gasteiger partial charge in [-0.05, 0) is 170 Å². The van der Waals surface area contributed by atoms with E-state index < -0.39 is 6.71 Å². The lowest BCUT2D eigenvalue weighted by Gasteiger charge is -2.45. The van der Waals surface area contributed by atoms with E-state index in [9.17, 15) is 9.37 Å². The monoisotopic (exact) mass is 1300 g/mol. The van der Waals surface area contributed by atoms with E-state index in [2.05, 4.69) is 286 Å². The minimum absolute atomic E-state index is 0.168. The standard InChI is InChI=1S/C93H66BN5O2/c1-92(2,3)60-37-44-78(70(51-60)57-22-9-7-10-23-57)98-81-53-62(96-75-32-17-13-26-65(75)66-27-14-18-33-76(66)96)39-41-73(81)94-74-42-40-63(97-77-34-19-15-28-67(77)72-48-56(55-95)36-43-80(72)97)54-82(74)99(79-45-38-61(93(4,5)6)52-71(79)58-24-11-8-12-25-58)84-50-59(49-83(98)90(84)94)64-30-21-31-69-89-87(101-91(64)69)47-46-86-88(89)68-29-16-20-35-85(68)100-86/h7-54H,1-6H3/i15D,19D,28D,34D. The second-order valence-electron chi connectivity index (χ2n) is 29.2. The minimum atomic E-state index is -0.413. The summed E-state index contributed by atoms with van der Waals surface area (Å²) in [6.45, 7) is 13.2. The third-order valence-corrected chi connectivity index (χ3v) is 21.4. The van der Waals surface area contributed by atoms with Crippen molar-refractivity contribution in [3.05, 3.63) is 308 Å². The van der Waals surface area contributed by atoms with Crippen LogP contribution in [-0.2, 0) is 10.8 Å². The van der Waals surface area contributed by atoms with Gasteiger partial charge in [0.25, 0.3) is 6.71 Å². The fourth-order valence-corrected chi connectivity index (χ4v) is 16.6. The molecule has 0 amide bonds. The van der Waals surface area contributed by atoms with Crippen LogP contribution in [0.2, 0.25) is 0 Å². The summed E-state index contributed by atoms with van der Waals surface area (Å²) in [5.41, 5.74) is 25.3. The topological polar surface area (TPSA) is 66.4 Å². The molecule has 18 aromatic rings. The van der Waals surface area contributed by atoms with Crippen molar-refractivity contribution in [3.63, 3.8) is 0 Å². The van der Waals surface area contributed by atoms with Gasteiger partial charge in [-0.3, -0.25) is 0 Å². The number of nitrogens with zero attached hydrogens (tertiary/aromatic N) is 5. The van der Waals surface area contributed by atoms with Gasteiger partial charge in [-0.2, -0.15) is 5.26 Å². The molecule has 0 fully saturated rings. The van der Waals surface area contributed by atoms with Crippen molar-refractivity contribution in [2.24, 2.45) is 0 Å². The summed E-state index contributed by atoms with van der Waals surface area (Å²) in [6.07, 6.45) is 0. The smallest absolute Gasteiger partial charge is 0.252 e. The van der Waals surface area contributed by atoms with Crippen molar-refractivity contribution in [3.8, 4) is 50.8 Å². The van der Waals surface area contributed by atoms with Gasteiger partial charge in [0, 0.05) is 93.9 Å². The Labute approximate surface area is 590 Å². The highest BCUT2D eigenvalue weighted by Gasteiger charge is 2.45. The number of aromatic nitrogens is 2. The highest BCUT2D eigenvalue weighted by atomic mass is 16.3. The van der Waals surface area contributed by atoms with Crippen LogP contribution in [0.4, 0.5) is 34.1 Å². The molecule has 14 aromatic carbocycles. The maximum atomic E-state index is 10.4. The van der Waals surface area contributed by atoms with Gasteiger partial charge >= 0.3 is 0 Å². The second-order valence-corrected chi connectivity index (χ2v) is 29.2. The number of nitriles is 1. The molecule has 20 rings (SSSR count). The van der Waals surface area contributed by atoms with Gasteiger partial charge in [0.2, 0.25) is 0 Å². The molecule has 4 aromatic heterocycles. The number of anilines is 6. The van der Waals surface area contributed by atoms with E-state index in [1.807, 2.05) is 34.9 Å². The summed E-state index contributed by atoms with van der Waals surface area (Å²) in [6, 6.07) is 96.9. The van der Waals surface area contributed by atoms with Crippen LogP contribution in [0.15, 0.2) is 300 Å². The highest BCUT2D eigenvalue weighted by molar-refractivity contribution is 7.00. The zero-order valence-electron chi connectivity index (χ0n) is 60.5. The molecule has 0 unspecified atom stereocenters. The van der Waals surface area contributed by atoms with Crippen LogP contribution in [0.25, 0.3) is 132 Å². The SMILES string of the molecule is [2H]c1c([2H])c([2H])c2c(c1[2H])c1cc(C#N)ccc1n2-c1ccc2c(c1)N(c1ccc(C(C)(C)C)cc1-c1ccccc1)c1cc(-c3cccc4c3oc3ccc5oc6ccccc6c5c34)cc3c1B2c1ccc(-n2c4ccccc4c4ccccc42)cc1N3c1ccc(C(C)(C)C)cc1-c1ccccc1. The largest absolute Gasteiger partial charge is 0.456 e. The first-order valence-corrected chi connectivity index (χ1v) is 34.6. The number of hydrogen-bond acceptors (Lipinski definition) is 5. The normalized spacial score (nSPS) is 13.5. The molecule has 0 radical (unpaired) electrons. The third kappa shape index (κ3) is 8.79. The Morgan fingerprint density at radius 2 is 0.881 bits per heavy atom. The van der Waals surface area contributed by atoms with Gasteiger partial charge in [-0.1, -0.05) is 217 Å². The average molecular weight is 1300 g/mol. The van der Waals surface area contributed by atoms with E-state index in [-0.39, 0.29) is 35.0 Å². The number of fused-ring (bicyclic) bond motifs is 17. The first-order valence-electron chi connectivity index (χ1n) is 36.6. The lowest BCUT2D eigenvalue weighted by atomic mass is 9.33. The van der Waals surface area contributed by atoms with Crippen molar-refractivity contribution in [2.45, 2.75) is 52.4 Å². The van der Waals surface area contributed by atoms with Crippen LogP contribution >= 0.6 is 0 Å². The lowest BCUT2D eigenvalue weighted by molar-refractivity contribution is 0.590. The molecule has 0 spiro atoms. The molecule has 0 aliphatic carbocycles. The quantitative estimate of drug-likeness (QED) is 0.149. The maximum absolute atomic E-state index is 10.4. The van der Waals surface area contributed by atoms with Crippen LogP contribution < -0.4 is 26.2 Å². The molecular weight excluding hydrogens is 1230 g/mol. The molecule has 7 nitrogen and oxygen atoms in total. The molecule has 2 aliphatic heterocycles. The van der Waals surface area contributed by atoms with Gasteiger partial charge in [-0.25, -0.2) is 0 Å². The molecule has 0 bridgehead atoms. The summed E-state index contributed by atoms with van der Waals surface area (Å²) >= 11 is 0. The van der Waals surface area contributed by atoms with Crippen LogP contribution in [0.5, 0.6) is 0 Å². The van der Waals surface area contributed by atoms with Crippen molar-refractivity contribution >= 4 is 145 Å². The summed E-state index contributed by atoms with van der Waals surface area (Å²) in [5, 5.41) is 17.6. The Morgan fingerprint density at radius 3 is 1.48 bits per heavy atom. The molecular formula is C93H66BN5O2. The Bertz CT molecular complexity index is 6790. The molecule has 0 saturated carbocycles. The molecule has 0 atom stereocenters. The zero-order chi connectivity index (χ0) is 71.2. The van der Waals surface area contributed by atoms with Crippen LogP contribution in [0, 0.1) is 11.3 Å². The Morgan fingerprint density at radius 1 is 0.366 bits per heavy atom. The molecule has 6 heterocycles. The average Bonchev–Trinajstić information content (AvgIpc) is 1.22. The van der Waals surface area contributed by atoms with Crippen molar-refractivity contribution in [2.75, 3.05) is 9.80 Å². The fourth-order valence-electron chi connectivity index (χ4n) is 16.6. The predicted molar refractivity (Wildman–Crippen MR) is 422 cm³/mol. The van der Waals surface area contributed by atoms with E-state index in [1.54, 1.807) is 12.1 Å². The first-order chi connectivity index (χ1) is 51.0. The fraction of sp³-hybridized carbons (Fsp3) is 0.0860. The van der Waals surface area contributed by atoms with Gasteiger partial charge in [0.1, 0.15) is 22.3 Å². The molecule has 0 N–H and O–H groups in total. The lowest BCUT2D eigenvalue weighted by Crippen LogP contribution is -2.61. The van der Waals surface area contributed by atoms with Crippen molar-refractivity contribution in [1.29, 1.82) is 5.26 Å². The Kier molecular flexibility index (Phi) is 11.7. The number of benzene rings is 14. The van der Waals surface area contributed by atoms with E-state index in [1.165, 1.54) is 21.9 Å². The summed E-state index contributed by atoms with van der Waals surface area (Å²) in [7, 11) is 0. The molecule has 2 aliphatic rings. The van der Waals surface area contributed by atoms with E-state index in [0.717, 1.165) is 144 Å². The predicted octanol–water partition coefficient (Wildman–Crippen LogP) is 23.2. The highest BCUT2D eigenvalue weighted by Crippen LogP contribution is 2.53. The third-order valence-electron chi connectivity index (χ3n) is 21.4. The van der Waals surface area contributed by atoms with Gasteiger partial charge in [0.05, 0.1) is 50.6 Å². The summed E-state index contributed by atoms with van der Waals surface area (Å²) < 4.78 is 55.9. The zero-order valence-corrected chi connectivity index (χ0v) is 56.5. The van der Waals surface area contributed by atoms with E-state index >= 15 is 0 Å². The Balaban J connectivity index is 0.963. The van der Waals surface area contributed by atoms with Crippen LogP contribution in [0.1, 0.15) is 63.7 Å². The molecule has 8 heteroatoms. The van der Waals surface area contributed by atoms with Gasteiger partial charge in [-0.15, -0.1) is 0 Å². The van der Waals surface area contributed by atoms with Crippen LogP contribution in [0.3, 0.4) is 0 Å². The summed E-state index contributed by atoms with van der Waals surface area (Å²) in [5.74, 6) is 0. The molecule has 101 heavy (non-hydrogen) atoms. The summed E-state index contributed by atoms with van der Waals surface area (Å²) in [4.78, 5) is 5.03. The molecule has 478 valence electrons. The minimum Gasteiger partial charge on any atom is -0.456 e. The first kappa shape index (κ1) is 54.4. The number of furan rings is 2. The number of hydrogen-bond donors (Lipinski definition) is 0. The maximum Gasteiger partial charge on any atom is 0.252 e. The van der Waals surface area contributed by atoms with Gasteiger partial charge < -0.3 is 27.8 Å². The van der Waals surface area contributed by atoms with E-state index in [0.29, 0.717) is 33.1 Å². The van der Waals surface area contributed by atoms with Crippen LogP contribution in [-0.4, -0.2) is 15.8 Å². The molecule has 0 saturated heterocycles. The van der Waals surface area contributed by atoms with Gasteiger partial charge in [0.15, 0.2) is 0 Å². The number of rotatable bonds is 7. The van der Waals surface area contributed by atoms with Crippen molar-refractivity contribution < 1.29 is 14.3 Å². The second kappa shape index (κ2) is 21.7. The van der Waals surface area contributed by atoms with Crippen molar-refractivity contribution in [1.82, 2.24) is 9.13 Å². The Hall–Kier alpha value is -12.6. The van der Waals surface area contributed by atoms with E-state index in [4.69, 9.17) is 10.2 Å².